The van der Waals surface area contributed by atoms with E-state index in [0.717, 1.165) is 19.1 Å². The van der Waals surface area contributed by atoms with Gasteiger partial charge >= 0.3 is 11.9 Å². The van der Waals surface area contributed by atoms with E-state index in [4.69, 9.17) is 9.47 Å². The third kappa shape index (κ3) is 5.87. The van der Waals surface area contributed by atoms with Crippen LogP contribution < -0.4 is 0 Å². The van der Waals surface area contributed by atoms with E-state index in [2.05, 4.69) is 17.9 Å². The molecule has 0 bridgehead atoms. The zero-order chi connectivity index (χ0) is 12.7. The van der Waals surface area contributed by atoms with Gasteiger partial charge in [0, 0.05) is 11.6 Å². The average molecular weight is 240 g/mol. The molecule has 1 rings (SSSR count). The number of epoxide rings is 1. The molecule has 0 saturated carbocycles. The summed E-state index contributed by atoms with van der Waals surface area (Å²) in [6.07, 6.45) is 2.68. The maximum atomic E-state index is 11.4. The van der Waals surface area contributed by atoms with Crippen LogP contribution in [-0.2, 0) is 23.8 Å². The summed E-state index contributed by atoms with van der Waals surface area (Å²) >= 11 is 0. The summed E-state index contributed by atoms with van der Waals surface area (Å²) in [5.41, 5.74) is 0.413. The van der Waals surface area contributed by atoms with Crippen LogP contribution in [0, 0.1) is 0 Å². The van der Waals surface area contributed by atoms with Gasteiger partial charge in [-0.3, -0.25) is 0 Å². The van der Waals surface area contributed by atoms with E-state index in [9.17, 15) is 9.59 Å². The van der Waals surface area contributed by atoms with Gasteiger partial charge < -0.3 is 14.2 Å². The number of hydrogen-bond donors (Lipinski definition) is 0. The summed E-state index contributed by atoms with van der Waals surface area (Å²) in [5, 5.41) is 0. The van der Waals surface area contributed by atoms with Crippen molar-refractivity contribution in [3.8, 4) is 0 Å². The highest BCUT2D eigenvalue weighted by atomic mass is 16.6. The molecule has 0 aromatic rings. The van der Waals surface area contributed by atoms with E-state index in [1.165, 1.54) is 0 Å². The molecule has 0 radical (unpaired) electrons. The van der Waals surface area contributed by atoms with Gasteiger partial charge in [0.2, 0.25) is 0 Å². The highest BCUT2D eigenvalue weighted by Crippen LogP contribution is 2.18. The maximum absolute atomic E-state index is 11.4. The predicted octanol–water partition coefficient (Wildman–Crippen LogP) is 0.994. The number of rotatable bonds is 8. The van der Waals surface area contributed by atoms with Crippen LogP contribution in [-0.4, -0.2) is 37.9 Å². The van der Waals surface area contributed by atoms with Crippen LogP contribution in [0.2, 0.25) is 0 Å². The van der Waals surface area contributed by atoms with E-state index < -0.39 is 11.9 Å². The summed E-state index contributed by atoms with van der Waals surface area (Å²) in [5.74, 6) is -0.994. The van der Waals surface area contributed by atoms with E-state index in [-0.39, 0.29) is 19.3 Å². The van der Waals surface area contributed by atoms with Crippen LogP contribution in [0.5, 0.6) is 0 Å². The van der Waals surface area contributed by atoms with Crippen LogP contribution in [0.1, 0.15) is 12.8 Å². The number of carbonyl (C=O) groups is 2. The molecule has 17 heavy (non-hydrogen) atoms. The van der Waals surface area contributed by atoms with E-state index in [0.29, 0.717) is 12.0 Å². The van der Waals surface area contributed by atoms with Crippen molar-refractivity contribution in [2.75, 3.05) is 19.8 Å². The fourth-order valence-electron chi connectivity index (χ4n) is 1.11. The highest BCUT2D eigenvalue weighted by Gasteiger charge is 2.23. The summed E-state index contributed by atoms with van der Waals surface area (Å²) in [6.45, 7) is 7.68. The standard InChI is InChI=1S/C12H16O5/c1-3-11(13)15-6-7-16-12(14)9(2)4-5-10-8-17-10/h3,10H,1-2,4-8H2. The van der Waals surface area contributed by atoms with Crippen molar-refractivity contribution in [2.24, 2.45) is 0 Å². The molecule has 5 nitrogen and oxygen atoms in total. The molecule has 94 valence electrons. The molecular formula is C12H16O5. The Kier molecular flexibility index (Phi) is 5.42. The van der Waals surface area contributed by atoms with Crippen LogP contribution in [0.15, 0.2) is 24.8 Å². The minimum atomic E-state index is -0.536. The smallest absolute Gasteiger partial charge is 0.333 e. The lowest BCUT2D eigenvalue weighted by Gasteiger charge is -2.06. The van der Waals surface area contributed by atoms with Crippen molar-refractivity contribution in [3.05, 3.63) is 24.8 Å². The predicted molar refractivity (Wildman–Crippen MR) is 60.2 cm³/mol. The fourth-order valence-corrected chi connectivity index (χ4v) is 1.11. The first-order valence-electron chi connectivity index (χ1n) is 5.39. The average Bonchev–Trinajstić information content (AvgIpc) is 3.14. The Morgan fingerprint density at radius 3 is 2.59 bits per heavy atom. The second kappa shape index (κ2) is 6.85. The molecule has 0 aliphatic carbocycles. The second-order valence-electron chi connectivity index (χ2n) is 3.61. The molecule has 0 aromatic heterocycles. The molecule has 1 saturated heterocycles. The Morgan fingerprint density at radius 1 is 1.35 bits per heavy atom. The van der Waals surface area contributed by atoms with Crippen LogP contribution in [0.4, 0.5) is 0 Å². The lowest BCUT2D eigenvalue weighted by atomic mass is 10.1. The molecular weight excluding hydrogens is 224 g/mol. The fraction of sp³-hybridized carbons (Fsp3) is 0.500. The van der Waals surface area contributed by atoms with Crippen LogP contribution in [0.3, 0.4) is 0 Å². The Hall–Kier alpha value is -1.62. The molecule has 0 aromatic carbocycles. The first-order valence-corrected chi connectivity index (χ1v) is 5.39. The first-order chi connectivity index (χ1) is 8.13. The minimum Gasteiger partial charge on any atom is -0.459 e. The normalized spacial score (nSPS) is 17.1. The Labute approximate surface area is 100 Å². The monoisotopic (exact) mass is 240 g/mol. The van der Waals surface area contributed by atoms with Crippen molar-refractivity contribution in [2.45, 2.75) is 18.9 Å². The number of carbonyl (C=O) groups excluding carboxylic acids is 2. The summed E-state index contributed by atoms with van der Waals surface area (Å²) < 4.78 is 14.5. The molecule has 5 heteroatoms. The number of ether oxygens (including phenoxy) is 3. The highest BCUT2D eigenvalue weighted by molar-refractivity contribution is 5.87. The zero-order valence-electron chi connectivity index (χ0n) is 9.65. The summed E-state index contributed by atoms with van der Waals surface area (Å²) in [4.78, 5) is 22.0. The van der Waals surface area contributed by atoms with Gasteiger partial charge in [0.15, 0.2) is 0 Å². The SMILES string of the molecule is C=CC(=O)OCCOC(=O)C(=C)CCC1CO1. The molecule has 1 atom stereocenters. The molecule has 0 N–H and O–H groups in total. The molecule has 1 unspecified atom stereocenters. The van der Waals surface area contributed by atoms with E-state index in [1.54, 1.807) is 0 Å². The number of esters is 2. The second-order valence-corrected chi connectivity index (χ2v) is 3.61. The largest absolute Gasteiger partial charge is 0.459 e. The zero-order valence-corrected chi connectivity index (χ0v) is 9.65. The lowest BCUT2D eigenvalue weighted by molar-refractivity contribution is -0.146. The molecule has 0 spiro atoms. The van der Waals surface area contributed by atoms with Gasteiger partial charge in [-0.1, -0.05) is 13.2 Å². The minimum absolute atomic E-state index is 0.0234. The van der Waals surface area contributed by atoms with Gasteiger partial charge in [-0.2, -0.15) is 0 Å². The van der Waals surface area contributed by atoms with Crippen molar-refractivity contribution in [3.63, 3.8) is 0 Å². The maximum Gasteiger partial charge on any atom is 0.333 e. The quantitative estimate of drug-likeness (QED) is 0.274. The molecule has 0 amide bonds. The third-order valence-electron chi connectivity index (χ3n) is 2.19. The van der Waals surface area contributed by atoms with Gasteiger partial charge in [0.25, 0.3) is 0 Å². The van der Waals surface area contributed by atoms with Gasteiger partial charge in [-0.05, 0) is 12.8 Å². The van der Waals surface area contributed by atoms with Crippen molar-refractivity contribution in [1.82, 2.24) is 0 Å². The van der Waals surface area contributed by atoms with Gasteiger partial charge in [0.1, 0.15) is 13.2 Å². The molecule has 1 aliphatic heterocycles. The summed E-state index contributed by atoms with van der Waals surface area (Å²) in [6, 6.07) is 0. The number of hydrogen-bond acceptors (Lipinski definition) is 5. The van der Waals surface area contributed by atoms with Crippen molar-refractivity contribution in [1.29, 1.82) is 0 Å². The summed E-state index contributed by atoms with van der Waals surface area (Å²) in [7, 11) is 0. The topological polar surface area (TPSA) is 65.1 Å². The van der Waals surface area contributed by atoms with E-state index in [1.807, 2.05) is 0 Å². The lowest BCUT2D eigenvalue weighted by Crippen LogP contribution is -2.14. The Bertz CT molecular complexity index is 317. The Morgan fingerprint density at radius 2 is 2.00 bits per heavy atom. The van der Waals surface area contributed by atoms with Gasteiger partial charge in [0.05, 0.1) is 12.7 Å². The van der Waals surface area contributed by atoms with Crippen molar-refractivity contribution >= 4 is 11.9 Å². The van der Waals surface area contributed by atoms with Gasteiger partial charge in [-0.25, -0.2) is 9.59 Å². The van der Waals surface area contributed by atoms with Crippen LogP contribution >= 0.6 is 0 Å². The molecule has 1 aliphatic rings. The van der Waals surface area contributed by atoms with E-state index >= 15 is 0 Å². The van der Waals surface area contributed by atoms with Gasteiger partial charge in [-0.15, -0.1) is 0 Å². The molecule has 1 heterocycles. The third-order valence-corrected chi connectivity index (χ3v) is 2.19. The first kappa shape index (κ1) is 13.4. The molecule has 1 fully saturated rings. The van der Waals surface area contributed by atoms with Crippen LogP contribution in [0.25, 0.3) is 0 Å². The van der Waals surface area contributed by atoms with Crippen molar-refractivity contribution < 1.29 is 23.8 Å². The Balaban J connectivity index is 2.04.